The lowest BCUT2D eigenvalue weighted by atomic mass is 10.2. The monoisotopic (exact) mass is 342 g/mol. The van der Waals surface area contributed by atoms with Crippen LogP contribution in [0.4, 0.5) is 5.69 Å². The number of sulfone groups is 1. The summed E-state index contributed by atoms with van der Waals surface area (Å²) in [4.78, 5) is 9.98. The molecule has 1 saturated heterocycles. The maximum Gasteiger partial charge on any atom is 0.293 e. The van der Waals surface area contributed by atoms with Gasteiger partial charge in [0, 0.05) is 5.69 Å². The zero-order valence-electron chi connectivity index (χ0n) is 13.9. The van der Waals surface area contributed by atoms with Gasteiger partial charge in [-0.1, -0.05) is 0 Å². The minimum Gasteiger partial charge on any atom is -0.462 e. The lowest BCUT2D eigenvalue weighted by molar-refractivity contribution is -0.138. The van der Waals surface area contributed by atoms with E-state index in [0.29, 0.717) is 29.9 Å². The van der Waals surface area contributed by atoms with Crippen molar-refractivity contribution in [3.63, 3.8) is 0 Å². The Labute approximate surface area is 138 Å². The molecule has 1 fully saturated rings. The van der Waals surface area contributed by atoms with Crippen LogP contribution in [0.15, 0.2) is 29.2 Å². The molecular formula is C16H26N2O4S. The van der Waals surface area contributed by atoms with Crippen molar-refractivity contribution >= 4 is 22.0 Å². The molecule has 0 amide bonds. The molecule has 23 heavy (non-hydrogen) atoms. The van der Waals surface area contributed by atoms with E-state index in [1.165, 1.54) is 0 Å². The van der Waals surface area contributed by atoms with Crippen LogP contribution in [-0.2, 0) is 19.4 Å². The molecule has 1 aliphatic rings. The Morgan fingerprint density at radius 1 is 1.17 bits per heavy atom. The Kier molecular flexibility index (Phi) is 7.02. The summed E-state index contributed by atoms with van der Waals surface area (Å²) in [5.74, 6) is 0. The lowest BCUT2D eigenvalue weighted by Crippen LogP contribution is -2.35. The number of ether oxygens (including phenoxy) is 1. The van der Waals surface area contributed by atoms with Crippen molar-refractivity contribution in [3.05, 3.63) is 24.3 Å². The molecule has 6 nitrogen and oxygen atoms in total. The SMILES string of the molecule is CC(C)(C)OC=O.Nc1ccc(S(=O)(=O)C2CCNCC2)cc1. The highest BCUT2D eigenvalue weighted by atomic mass is 32.2. The second-order valence-electron chi connectivity index (χ2n) is 6.39. The number of anilines is 1. The van der Waals surface area contributed by atoms with E-state index >= 15 is 0 Å². The maximum absolute atomic E-state index is 12.2. The number of nitrogens with two attached hydrogens (primary N) is 1. The Morgan fingerprint density at radius 2 is 1.70 bits per heavy atom. The van der Waals surface area contributed by atoms with E-state index in [1.807, 2.05) is 20.8 Å². The molecule has 0 unspecified atom stereocenters. The first-order valence-corrected chi connectivity index (χ1v) is 9.13. The summed E-state index contributed by atoms with van der Waals surface area (Å²) >= 11 is 0. The van der Waals surface area contributed by atoms with Crippen molar-refractivity contribution in [2.75, 3.05) is 18.8 Å². The molecule has 7 heteroatoms. The van der Waals surface area contributed by atoms with Gasteiger partial charge in [-0.3, -0.25) is 4.79 Å². The van der Waals surface area contributed by atoms with E-state index < -0.39 is 9.84 Å². The maximum atomic E-state index is 12.2. The van der Waals surface area contributed by atoms with Gasteiger partial charge in [0.05, 0.1) is 10.1 Å². The van der Waals surface area contributed by atoms with Gasteiger partial charge in [-0.15, -0.1) is 0 Å². The second kappa shape index (κ2) is 8.31. The van der Waals surface area contributed by atoms with Crippen LogP contribution >= 0.6 is 0 Å². The molecule has 0 atom stereocenters. The van der Waals surface area contributed by atoms with Crippen LogP contribution in [0.1, 0.15) is 33.6 Å². The third-order valence-electron chi connectivity index (χ3n) is 3.34. The fourth-order valence-electron chi connectivity index (χ4n) is 2.10. The molecule has 0 aromatic heterocycles. The Morgan fingerprint density at radius 3 is 2.09 bits per heavy atom. The molecule has 0 radical (unpaired) electrons. The predicted molar refractivity (Wildman–Crippen MR) is 90.8 cm³/mol. The van der Waals surface area contributed by atoms with Gasteiger partial charge in [0.25, 0.3) is 6.47 Å². The van der Waals surface area contributed by atoms with Crippen LogP contribution in [0.5, 0.6) is 0 Å². The van der Waals surface area contributed by atoms with E-state index in [2.05, 4.69) is 10.1 Å². The molecule has 1 aliphatic heterocycles. The van der Waals surface area contributed by atoms with Gasteiger partial charge >= 0.3 is 0 Å². The number of hydrogen-bond acceptors (Lipinski definition) is 6. The zero-order chi connectivity index (χ0) is 17.5. The van der Waals surface area contributed by atoms with Gasteiger partial charge in [0.1, 0.15) is 5.60 Å². The molecule has 0 bridgehead atoms. The summed E-state index contributed by atoms with van der Waals surface area (Å²) in [6.07, 6.45) is 1.37. The van der Waals surface area contributed by atoms with Crippen molar-refractivity contribution in [1.82, 2.24) is 5.32 Å². The topological polar surface area (TPSA) is 98.5 Å². The summed E-state index contributed by atoms with van der Waals surface area (Å²) < 4.78 is 29.0. The Balaban J connectivity index is 0.000000322. The minimum atomic E-state index is -3.17. The quantitative estimate of drug-likeness (QED) is 0.641. The van der Waals surface area contributed by atoms with Crippen LogP contribution in [-0.4, -0.2) is 38.8 Å². The highest BCUT2D eigenvalue weighted by molar-refractivity contribution is 7.92. The fraction of sp³-hybridized carbons (Fsp3) is 0.562. The van der Waals surface area contributed by atoms with Crippen LogP contribution in [0, 0.1) is 0 Å². The first kappa shape index (κ1) is 19.4. The lowest BCUT2D eigenvalue weighted by Gasteiger charge is -2.22. The molecule has 1 aromatic rings. The van der Waals surface area contributed by atoms with Gasteiger partial charge in [0.2, 0.25) is 0 Å². The van der Waals surface area contributed by atoms with Crippen LogP contribution in [0.2, 0.25) is 0 Å². The standard InChI is InChI=1S/C11H16N2O2S.C5H10O2/c12-9-1-3-10(4-2-9)16(14,15)11-5-7-13-8-6-11;1-5(2,3)7-4-6/h1-4,11,13H,5-8,12H2;4H,1-3H3. The molecule has 2 rings (SSSR count). The van der Waals surface area contributed by atoms with Gasteiger partial charge in [-0.2, -0.15) is 0 Å². The van der Waals surface area contributed by atoms with Gasteiger partial charge in [0.15, 0.2) is 9.84 Å². The largest absolute Gasteiger partial charge is 0.462 e. The van der Waals surface area contributed by atoms with E-state index in [1.54, 1.807) is 24.3 Å². The van der Waals surface area contributed by atoms with Crippen LogP contribution in [0.3, 0.4) is 0 Å². The van der Waals surface area contributed by atoms with Crippen molar-refractivity contribution in [2.45, 2.75) is 49.4 Å². The van der Waals surface area contributed by atoms with Crippen LogP contribution < -0.4 is 11.1 Å². The number of rotatable bonds is 3. The Hall–Kier alpha value is -1.60. The normalized spacial score (nSPS) is 16.1. The van der Waals surface area contributed by atoms with E-state index in [9.17, 15) is 13.2 Å². The minimum absolute atomic E-state index is 0.252. The average molecular weight is 342 g/mol. The smallest absolute Gasteiger partial charge is 0.293 e. The summed E-state index contributed by atoms with van der Waals surface area (Å²) in [5, 5.41) is 2.91. The second-order valence-corrected chi connectivity index (χ2v) is 8.62. The zero-order valence-corrected chi connectivity index (χ0v) is 14.7. The third kappa shape index (κ3) is 6.58. The molecule has 1 heterocycles. The number of piperidine rings is 1. The summed E-state index contributed by atoms with van der Waals surface area (Å²) in [5.41, 5.74) is 5.81. The molecule has 130 valence electrons. The summed E-state index contributed by atoms with van der Waals surface area (Å²) in [7, 11) is -3.17. The van der Waals surface area contributed by atoms with E-state index in [-0.39, 0.29) is 10.9 Å². The molecule has 1 aromatic carbocycles. The average Bonchev–Trinajstić information content (AvgIpc) is 2.48. The number of nitrogen functional groups attached to an aromatic ring is 1. The molecule has 0 saturated carbocycles. The third-order valence-corrected chi connectivity index (χ3v) is 5.61. The first-order chi connectivity index (χ1) is 10.7. The van der Waals surface area contributed by atoms with Crippen molar-refractivity contribution in [2.24, 2.45) is 0 Å². The molecule has 3 N–H and O–H groups in total. The number of carbonyl (C=O) groups excluding carboxylic acids is 1. The fourth-order valence-corrected chi connectivity index (χ4v) is 3.86. The van der Waals surface area contributed by atoms with Gasteiger partial charge in [-0.25, -0.2) is 8.42 Å². The number of benzene rings is 1. The summed E-state index contributed by atoms with van der Waals surface area (Å²) in [6, 6.07) is 6.45. The van der Waals surface area contributed by atoms with Crippen molar-refractivity contribution in [3.8, 4) is 0 Å². The van der Waals surface area contributed by atoms with E-state index in [4.69, 9.17) is 5.73 Å². The number of hydrogen-bond donors (Lipinski definition) is 2. The highest BCUT2D eigenvalue weighted by Crippen LogP contribution is 2.22. The predicted octanol–water partition coefficient (Wildman–Crippen LogP) is 1.75. The molecular weight excluding hydrogens is 316 g/mol. The first-order valence-electron chi connectivity index (χ1n) is 7.58. The highest BCUT2D eigenvalue weighted by Gasteiger charge is 2.28. The van der Waals surface area contributed by atoms with Gasteiger partial charge in [-0.05, 0) is 71.0 Å². The number of carbonyl (C=O) groups is 1. The molecule has 0 spiro atoms. The van der Waals surface area contributed by atoms with Gasteiger partial charge < -0.3 is 15.8 Å². The Bertz CT molecular complexity index is 586. The van der Waals surface area contributed by atoms with E-state index in [0.717, 1.165) is 13.1 Å². The number of nitrogens with one attached hydrogen (secondary N) is 1. The van der Waals surface area contributed by atoms with Crippen molar-refractivity contribution < 1.29 is 17.9 Å². The summed E-state index contributed by atoms with van der Waals surface area (Å²) in [6.45, 7) is 7.47. The molecule has 0 aliphatic carbocycles. The van der Waals surface area contributed by atoms with Crippen molar-refractivity contribution in [1.29, 1.82) is 0 Å². The van der Waals surface area contributed by atoms with Crippen LogP contribution in [0.25, 0.3) is 0 Å².